The third-order valence-corrected chi connectivity index (χ3v) is 1.99. The Morgan fingerprint density at radius 2 is 1.58 bits per heavy atom. The van der Waals surface area contributed by atoms with Gasteiger partial charge in [0.2, 0.25) is 3.79 Å². The number of halogens is 3. The van der Waals surface area contributed by atoms with Crippen molar-refractivity contribution in [3.63, 3.8) is 0 Å². The average Bonchev–Trinajstić information content (AvgIpc) is 2.03. The lowest BCUT2D eigenvalue weighted by molar-refractivity contribution is 0.0925. The molecule has 0 aromatic heterocycles. The summed E-state index contributed by atoms with van der Waals surface area (Å²) in [7, 11) is 0. The molecule has 1 radical (unpaired) electrons. The minimum atomic E-state index is -1.78. The Hall–Kier alpha value is 0.0500. The Balaban J connectivity index is 2.86. The molecule has 0 spiro atoms. The zero-order chi connectivity index (χ0) is 9.19. The number of rotatable bonds is 1. The first-order chi connectivity index (χ1) is 5.52. The molecule has 0 aliphatic heterocycles. The fourth-order valence-corrected chi connectivity index (χ4v) is 1.19. The van der Waals surface area contributed by atoms with Crippen molar-refractivity contribution in [2.75, 3.05) is 0 Å². The highest BCUT2D eigenvalue weighted by atomic mass is 35.6. The molecule has 1 nitrogen and oxygen atoms in total. The van der Waals surface area contributed by atoms with Gasteiger partial charge in [-0.25, -0.2) is 5.11 Å². The zero-order valence-electron chi connectivity index (χ0n) is 6.01. The van der Waals surface area contributed by atoms with Crippen LogP contribution in [0.2, 0.25) is 0 Å². The van der Waals surface area contributed by atoms with Crippen LogP contribution >= 0.6 is 34.8 Å². The second-order valence-corrected chi connectivity index (χ2v) is 4.70. The Morgan fingerprint density at radius 1 is 1.08 bits per heavy atom. The predicted molar refractivity (Wildman–Crippen MR) is 50.2 cm³/mol. The Kier molecular flexibility index (Phi) is 3.24. The van der Waals surface area contributed by atoms with Crippen LogP contribution in [0.25, 0.3) is 0 Å². The van der Waals surface area contributed by atoms with Crippen LogP contribution in [-0.2, 0) is 5.11 Å². The molecule has 0 saturated carbocycles. The summed E-state index contributed by atoms with van der Waals surface area (Å²) in [5, 5.41) is 11.4. The predicted octanol–water partition coefficient (Wildman–Crippen LogP) is 3.53. The highest BCUT2D eigenvalue weighted by molar-refractivity contribution is 6.67. The quantitative estimate of drug-likeness (QED) is 0.651. The minimum Gasteiger partial charge on any atom is -0.223 e. The third-order valence-electron chi connectivity index (χ3n) is 1.40. The monoisotopic (exact) mass is 223 g/mol. The number of alkyl halides is 3. The molecule has 4 heteroatoms. The maximum Gasteiger partial charge on any atom is 0.223 e. The van der Waals surface area contributed by atoms with Gasteiger partial charge in [-0.3, -0.25) is 0 Å². The van der Waals surface area contributed by atoms with Crippen LogP contribution in [0, 0.1) is 0 Å². The molecule has 1 rings (SSSR count). The maximum atomic E-state index is 11.4. The van der Waals surface area contributed by atoms with E-state index in [0.717, 1.165) is 0 Å². The van der Waals surface area contributed by atoms with Crippen molar-refractivity contribution in [1.29, 1.82) is 0 Å². The van der Waals surface area contributed by atoms with Crippen molar-refractivity contribution in [2.45, 2.75) is 9.90 Å². The van der Waals surface area contributed by atoms with Crippen LogP contribution in [0.15, 0.2) is 30.3 Å². The molecule has 0 bridgehead atoms. The van der Waals surface area contributed by atoms with Gasteiger partial charge < -0.3 is 0 Å². The molecule has 0 aliphatic carbocycles. The van der Waals surface area contributed by atoms with E-state index in [0.29, 0.717) is 5.56 Å². The number of hydrogen-bond donors (Lipinski definition) is 0. The summed E-state index contributed by atoms with van der Waals surface area (Å²) < 4.78 is -1.78. The first kappa shape index (κ1) is 10.1. The normalized spacial score (nSPS) is 14.3. The molecule has 1 unspecified atom stereocenters. The van der Waals surface area contributed by atoms with Gasteiger partial charge in [-0.05, 0) is 5.56 Å². The van der Waals surface area contributed by atoms with Gasteiger partial charge in [0, 0.05) is 0 Å². The molecule has 65 valence electrons. The zero-order valence-corrected chi connectivity index (χ0v) is 8.27. The fraction of sp³-hybridized carbons (Fsp3) is 0.250. The third kappa shape index (κ3) is 2.53. The summed E-state index contributed by atoms with van der Waals surface area (Å²) in [6, 6.07) is 8.54. The summed E-state index contributed by atoms with van der Waals surface area (Å²) in [5.74, 6) is 0. The summed E-state index contributed by atoms with van der Waals surface area (Å²) >= 11 is 16.3. The van der Waals surface area contributed by atoms with E-state index in [-0.39, 0.29) is 0 Å². The van der Waals surface area contributed by atoms with Gasteiger partial charge in [-0.15, -0.1) is 0 Å². The van der Waals surface area contributed by atoms with Crippen LogP contribution in [-0.4, -0.2) is 3.79 Å². The lowest BCUT2D eigenvalue weighted by Crippen LogP contribution is -2.14. The first-order valence-electron chi connectivity index (χ1n) is 3.29. The van der Waals surface area contributed by atoms with E-state index in [1.54, 1.807) is 30.3 Å². The van der Waals surface area contributed by atoms with Crippen molar-refractivity contribution in [1.82, 2.24) is 0 Å². The van der Waals surface area contributed by atoms with E-state index >= 15 is 0 Å². The Morgan fingerprint density at radius 3 is 2.00 bits per heavy atom. The molecule has 12 heavy (non-hydrogen) atoms. The van der Waals surface area contributed by atoms with Crippen molar-refractivity contribution < 1.29 is 5.11 Å². The topological polar surface area (TPSA) is 19.9 Å². The lowest BCUT2D eigenvalue weighted by atomic mass is 10.1. The van der Waals surface area contributed by atoms with Crippen LogP contribution in [0.3, 0.4) is 0 Å². The smallest absolute Gasteiger partial charge is 0.223 e. The van der Waals surface area contributed by atoms with Crippen LogP contribution < -0.4 is 0 Å². The van der Waals surface area contributed by atoms with Gasteiger partial charge in [0.1, 0.15) is 0 Å². The molecule has 0 N–H and O–H groups in total. The van der Waals surface area contributed by atoms with Gasteiger partial charge in [-0.1, -0.05) is 65.1 Å². The Labute approximate surface area is 85.9 Å². The summed E-state index contributed by atoms with van der Waals surface area (Å²) in [6.07, 6.45) is -1.33. The lowest BCUT2D eigenvalue weighted by Gasteiger charge is -2.16. The van der Waals surface area contributed by atoms with E-state index < -0.39 is 9.90 Å². The summed E-state index contributed by atoms with van der Waals surface area (Å²) in [6.45, 7) is 0. The van der Waals surface area contributed by atoms with Crippen molar-refractivity contribution in [3.05, 3.63) is 35.9 Å². The second kappa shape index (κ2) is 3.84. The van der Waals surface area contributed by atoms with E-state index in [2.05, 4.69) is 0 Å². The van der Waals surface area contributed by atoms with E-state index in [1.165, 1.54) is 0 Å². The van der Waals surface area contributed by atoms with Gasteiger partial charge in [0.25, 0.3) is 0 Å². The minimum absolute atomic E-state index is 0.484. The van der Waals surface area contributed by atoms with Crippen molar-refractivity contribution >= 4 is 34.8 Å². The number of benzene rings is 1. The SMILES string of the molecule is [O]C(c1ccccc1)C(Cl)(Cl)Cl. The van der Waals surface area contributed by atoms with Gasteiger partial charge >= 0.3 is 0 Å². The highest BCUT2D eigenvalue weighted by Crippen LogP contribution is 2.39. The molecular formula is C8H6Cl3O. The molecule has 1 aromatic rings. The van der Waals surface area contributed by atoms with Gasteiger partial charge in [-0.2, -0.15) is 0 Å². The molecule has 0 saturated heterocycles. The summed E-state index contributed by atoms with van der Waals surface area (Å²) in [4.78, 5) is 0. The largest absolute Gasteiger partial charge is 0.223 e. The fourth-order valence-electron chi connectivity index (χ4n) is 0.817. The highest BCUT2D eigenvalue weighted by Gasteiger charge is 2.33. The maximum absolute atomic E-state index is 11.4. The van der Waals surface area contributed by atoms with Crippen LogP contribution in [0.5, 0.6) is 0 Å². The Bertz CT molecular complexity index is 242. The first-order valence-corrected chi connectivity index (χ1v) is 4.42. The second-order valence-electron chi connectivity index (χ2n) is 2.33. The molecule has 1 aromatic carbocycles. The van der Waals surface area contributed by atoms with Crippen LogP contribution in [0.1, 0.15) is 11.7 Å². The average molecular weight is 224 g/mol. The van der Waals surface area contributed by atoms with E-state index in [9.17, 15) is 5.11 Å². The van der Waals surface area contributed by atoms with E-state index in [4.69, 9.17) is 34.8 Å². The van der Waals surface area contributed by atoms with Crippen molar-refractivity contribution in [2.24, 2.45) is 0 Å². The molecule has 0 fully saturated rings. The molecule has 1 atom stereocenters. The van der Waals surface area contributed by atoms with Gasteiger partial charge in [0.15, 0.2) is 6.10 Å². The van der Waals surface area contributed by atoms with Gasteiger partial charge in [0.05, 0.1) is 0 Å². The summed E-state index contributed by atoms with van der Waals surface area (Å²) in [5.41, 5.74) is 0.484. The van der Waals surface area contributed by atoms with E-state index in [1.807, 2.05) is 0 Å². The molecule has 0 heterocycles. The molecule has 0 amide bonds. The number of hydrogen-bond acceptors (Lipinski definition) is 0. The molecule has 0 aliphatic rings. The molecular weight excluding hydrogens is 218 g/mol. The standard InChI is InChI=1S/C8H6Cl3O/c9-8(10,11)7(12)6-4-2-1-3-5-6/h1-5,7H. The van der Waals surface area contributed by atoms with Crippen molar-refractivity contribution in [3.8, 4) is 0 Å². The van der Waals surface area contributed by atoms with Crippen LogP contribution in [0.4, 0.5) is 0 Å².